The minimum absolute atomic E-state index is 0.0211. The molecule has 1 fully saturated rings. The summed E-state index contributed by atoms with van der Waals surface area (Å²) < 4.78 is 38.2. The molecule has 0 radical (unpaired) electrons. The van der Waals surface area contributed by atoms with Crippen LogP contribution in [0.4, 0.5) is 0 Å². The van der Waals surface area contributed by atoms with Crippen LogP contribution in [0.3, 0.4) is 0 Å². The number of methoxy groups -OCH3 is 1. The maximum atomic E-state index is 13.2. The molecule has 0 unspecified atom stereocenters. The molecule has 2 aromatic carbocycles. The largest absolute Gasteiger partial charge is 0.495 e. The maximum absolute atomic E-state index is 13.2. The minimum atomic E-state index is -3.82. The maximum Gasteiger partial charge on any atom is 0.251 e. The Bertz CT molecular complexity index is 1090. The van der Waals surface area contributed by atoms with Crippen LogP contribution in [0.2, 0.25) is 5.02 Å². The van der Waals surface area contributed by atoms with Gasteiger partial charge in [0.05, 0.1) is 26.4 Å². The molecule has 1 saturated heterocycles. The molecule has 31 heavy (non-hydrogen) atoms. The molecule has 10 heteroatoms. The SMILES string of the molecule is COc1ccc(C(=O)N[C@H]2CCSc3ccc(Cl)cc32)cc1S(=O)(=O)N1CCOCC1. The Morgan fingerprint density at radius 1 is 1.23 bits per heavy atom. The Hall–Kier alpha value is -1.78. The molecular formula is C21H23ClN2O5S2. The Labute approximate surface area is 191 Å². The lowest BCUT2D eigenvalue weighted by molar-refractivity contribution is 0.0729. The third kappa shape index (κ3) is 4.70. The van der Waals surface area contributed by atoms with E-state index in [0.29, 0.717) is 18.2 Å². The first kappa shape index (κ1) is 22.4. The number of nitrogens with one attached hydrogen (secondary N) is 1. The molecule has 2 aromatic rings. The number of hydrogen-bond donors (Lipinski definition) is 1. The molecule has 0 saturated carbocycles. The number of hydrogen-bond acceptors (Lipinski definition) is 6. The van der Waals surface area contributed by atoms with Gasteiger partial charge in [-0.1, -0.05) is 11.6 Å². The van der Waals surface area contributed by atoms with Crippen molar-refractivity contribution < 1.29 is 22.7 Å². The van der Waals surface area contributed by atoms with Gasteiger partial charge in [-0.25, -0.2) is 8.42 Å². The van der Waals surface area contributed by atoms with Crippen LogP contribution in [0.1, 0.15) is 28.4 Å². The van der Waals surface area contributed by atoms with Crippen LogP contribution < -0.4 is 10.1 Å². The number of morpholine rings is 1. The van der Waals surface area contributed by atoms with Gasteiger partial charge in [0.1, 0.15) is 10.6 Å². The van der Waals surface area contributed by atoms with Crippen molar-refractivity contribution in [2.24, 2.45) is 0 Å². The van der Waals surface area contributed by atoms with Gasteiger partial charge in [0.15, 0.2) is 0 Å². The molecule has 0 spiro atoms. The molecule has 0 aromatic heterocycles. The normalized spacial score (nSPS) is 19.5. The molecule has 2 aliphatic rings. The fraction of sp³-hybridized carbons (Fsp3) is 0.381. The Morgan fingerprint density at radius 3 is 2.74 bits per heavy atom. The number of fused-ring (bicyclic) bond motifs is 1. The topological polar surface area (TPSA) is 84.9 Å². The Kier molecular flexibility index (Phi) is 6.78. The second kappa shape index (κ2) is 9.38. The summed E-state index contributed by atoms with van der Waals surface area (Å²) in [5.74, 6) is 0.733. The first-order valence-electron chi connectivity index (χ1n) is 9.89. The molecule has 2 aliphatic heterocycles. The highest BCUT2D eigenvalue weighted by Gasteiger charge is 2.30. The number of ether oxygens (including phenoxy) is 2. The lowest BCUT2D eigenvalue weighted by Gasteiger charge is -2.27. The van der Waals surface area contributed by atoms with Gasteiger partial charge in [-0.3, -0.25) is 4.79 Å². The van der Waals surface area contributed by atoms with Gasteiger partial charge < -0.3 is 14.8 Å². The zero-order chi connectivity index (χ0) is 22.0. The number of nitrogens with zero attached hydrogens (tertiary/aromatic N) is 1. The summed E-state index contributed by atoms with van der Waals surface area (Å²) in [5, 5.41) is 3.65. The summed E-state index contributed by atoms with van der Waals surface area (Å²) in [5.41, 5.74) is 1.24. The number of amides is 1. The monoisotopic (exact) mass is 482 g/mol. The summed E-state index contributed by atoms with van der Waals surface area (Å²) in [6.07, 6.45) is 0.763. The standard InChI is InChI=1S/C21H23ClN2O5S2/c1-28-18-4-2-14(12-20(18)31(26,27)24-7-9-29-10-8-24)21(25)23-17-6-11-30-19-5-3-15(22)13-16(17)19/h2-5,12-13,17H,6-11H2,1H3,(H,23,25)/t17-/m0/s1. The quantitative estimate of drug-likeness (QED) is 0.703. The van der Waals surface area contributed by atoms with Crippen LogP contribution in [-0.4, -0.2) is 57.8 Å². The van der Waals surface area contributed by atoms with Gasteiger partial charge in [-0.15, -0.1) is 11.8 Å². The van der Waals surface area contributed by atoms with Crippen molar-refractivity contribution in [1.82, 2.24) is 9.62 Å². The van der Waals surface area contributed by atoms with Gasteiger partial charge in [0, 0.05) is 34.3 Å². The molecular weight excluding hydrogens is 460 g/mol. The van der Waals surface area contributed by atoms with Crippen LogP contribution in [-0.2, 0) is 14.8 Å². The smallest absolute Gasteiger partial charge is 0.251 e. The second-order valence-electron chi connectivity index (χ2n) is 7.23. The Balaban J connectivity index is 1.62. The van der Waals surface area contributed by atoms with E-state index in [4.69, 9.17) is 21.1 Å². The molecule has 1 atom stereocenters. The van der Waals surface area contributed by atoms with Crippen molar-refractivity contribution >= 4 is 39.3 Å². The van der Waals surface area contributed by atoms with Crippen LogP contribution in [0.15, 0.2) is 46.2 Å². The zero-order valence-electron chi connectivity index (χ0n) is 17.0. The van der Waals surface area contributed by atoms with E-state index in [9.17, 15) is 13.2 Å². The second-order valence-corrected chi connectivity index (χ2v) is 10.7. The number of thioether (sulfide) groups is 1. The molecule has 7 nitrogen and oxygen atoms in total. The molecule has 166 valence electrons. The van der Waals surface area contributed by atoms with Crippen molar-refractivity contribution in [2.45, 2.75) is 22.3 Å². The molecule has 0 aliphatic carbocycles. The lowest BCUT2D eigenvalue weighted by Crippen LogP contribution is -2.40. The number of carbonyl (C=O) groups is 1. The van der Waals surface area contributed by atoms with Crippen molar-refractivity contribution in [3.05, 3.63) is 52.5 Å². The summed E-state index contributed by atoms with van der Waals surface area (Å²) >= 11 is 7.89. The summed E-state index contributed by atoms with van der Waals surface area (Å²) in [4.78, 5) is 14.1. The van der Waals surface area contributed by atoms with E-state index in [2.05, 4.69) is 5.32 Å². The number of sulfonamides is 1. The third-order valence-electron chi connectivity index (χ3n) is 5.33. The van der Waals surface area contributed by atoms with Crippen molar-refractivity contribution in [3.63, 3.8) is 0 Å². The molecule has 0 bridgehead atoms. The first-order valence-corrected chi connectivity index (χ1v) is 12.7. The molecule has 2 heterocycles. The van der Waals surface area contributed by atoms with E-state index in [-0.39, 0.29) is 41.2 Å². The van der Waals surface area contributed by atoms with Crippen LogP contribution in [0.5, 0.6) is 5.75 Å². The van der Waals surface area contributed by atoms with Crippen LogP contribution in [0, 0.1) is 0 Å². The van der Waals surface area contributed by atoms with E-state index >= 15 is 0 Å². The van der Waals surface area contributed by atoms with Crippen LogP contribution in [0.25, 0.3) is 0 Å². The number of halogens is 1. The first-order chi connectivity index (χ1) is 14.9. The van der Waals surface area contributed by atoms with Crippen molar-refractivity contribution in [3.8, 4) is 5.75 Å². The predicted octanol–water partition coefficient (Wildman–Crippen LogP) is 3.34. The fourth-order valence-electron chi connectivity index (χ4n) is 3.70. The van der Waals surface area contributed by atoms with E-state index < -0.39 is 10.0 Å². The highest BCUT2D eigenvalue weighted by atomic mass is 35.5. The van der Waals surface area contributed by atoms with E-state index in [1.165, 1.54) is 23.5 Å². The van der Waals surface area contributed by atoms with E-state index in [1.807, 2.05) is 18.2 Å². The van der Waals surface area contributed by atoms with Crippen LogP contribution >= 0.6 is 23.4 Å². The van der Waals surface area contributed by atoms with E-state index in [0.717, 1.165) is 22.6 Å². The van der Waals surface area contributed by atoms with Crippen molar-refractivity contribution in [2.75, 3.05) is 39.2 Å². The zero-order valence-corrected chi connectivity index (χ0v) is 19.4. The van der Waals surface area contributed by atoms with Gasteiger partial charge in [0.2, 0.25) is 10.0 Å². The average Bonchev–Trinajstić information content (AvgIpc) is 2.79. The van der Waals surface area contributed by atoms with Crippen molar-refractivity contribution in [1.29, 1.82) is 0 Å². The fourth-order valence-corrected chi connectivity index (χ4v) is 6.58. The van der Waals surface area contributed by atoms with Gasteiger partial charge in [0.25, 0.3) is 5.91 Å². The summed E-state index contributed by atoms with van der Waals surface area (Å²) in [6, 6.07) is 9.95. The highest BCUT2D eigenvalue weighted by molar-refractivity contribution is 7.99. The van der Waals surface area contributed by atoms with Gasteiger partial charge >= 0.3 is 0 Å². The number of carbonyl (C=O) groups excluding carboxylic acids is 1. The van der Waals surface area contributed by atoms with E-state index in [1.54, 1.807) is 17.8 Å². The third-order valence-corrected chi connectivity index (χ3v) is 8.61. The molecule has 1 amide bonds. The molecule has 4 rings (SSSR count). The minimum Gasteiger partial charge on any atom is -0.495 e. The summed E-state index contributed by atoms with van der Waals surface area (Å²) in [7, 11) is -2.41. The van der Waals surface area contributed by atoms with Gasteiger partial charge in [-0.05, 0) is 48.4 Å². The predicted molar refractivity (Wildman–Crippen MR) is 120 cm³/mol. The van der Waals surface area contributed by atoms with Gasteiger partial charge in [-0.2, -0.15) is 4.31 Å². The highest BCUT2D eigenvalue weighted by Crippen LogP contribution is 2.38. The summed E-state index contributed by atoms with van der Waals surface area (Å²) in [6.45, 7) is 1.20. The lowest BCUT2D eigenvalue weighted by atomic mass is 10.0. The number of benzene rings is 2. The Morgan fingerprint density at radius 2 is 2.00 bits per heavy atom. The average molecular weight is 483 g/mol. The number of rotatable bonds is 5. The molecule has 1 N–H and O–H groups in total.